The molecule has 2 rings (SSSR count). The van der Waals surface area contributed by atoms with Crippen LogP contribution in [0.3, 0.4) is 0 Å². The van der Waals surface area contributed by atoms with Gasteiger partial charge in [0.15, 0.2) is 5.75 Å². The summed E-state index contributed by atoms with van der Waals surface area (Å²) in [5, 5.41) is 20.3. The number of nitro benzene ring substituents is 1. The number of nitrogens with zero attached hydrogens (tertiary/aromatic N) is 2. The monoisotopic (exact) mass is 294 g/mol. The van der Waals surface area contributed by atoms with Gasteiger partial charge in [0.1, 0.15) is 0 Å². The normalized spacial score (nSPS) is 20.7. The van der Waals surface area contributed by atoms with Gasteiger partial charge in [-0.15, -0.1) is 0 Å². The fourth-order valence-corrected chi connectivity index (χ4v) is 2.56. The molecule has 0 radical (unpaired) electrons. The lowest BCUT2D eigenvalue weighted by atomic mass is 9.82. The van der Waals surface area contributed by atoms with Gasteiger partial charge in [-0.3, -0.25) is 10.1 Å². The van der Waals surface area contributed by atoms with Gasteiger partial charge in [0.2, 0.25) is 0 Å². The number of hydrogen-bond acceptors (Lipinski definition) is 5. The van der Waals surface area contributed by atoms with Crippen LogP contribution in [0, 0.1) is 16.0 Å². The molecule has 0 heterocycles. The summed E-state index contributed by atoms with van der Waals surface area (Å²) in [4.78, 5) is 12.7. The summed E-state index contributed by atoms with van der Waals surface area (Å²) in [6, 6.07) is 4.96. The van der Waals surface area contributed by atoms with Crippen molar-refractivity contribution in [2.75, 3.05) is 25.1 Å². The van der Waals surface area contributed by atoms with Crippen molar-refractivity contribution in [3.63, 3.8) is 0 Å². The molecular weight excluding hydrogens is 272 g/mol. The van der Waals surface area contributed by atoms with E-state index in [1.54, 1.807) is 12.1 Å². The van der Waals surface area contributed by atoms with Gasteiger partial charge in [-0.1, -0.05) is 6.92 Å². The van der Waals surface area contributed by atoms with Crippen LogP contribution in [-0.2, 0) is 0 Å². The van der Waals surface area contributed by atoms with Crippen LogP contribution in [0.2, 0.25) is 0 Å². The van der Waals surface area contributed by atoms with Crippen LogP contribution >= 0.6 is 0 Å². The first-order valence-electron chi connectivity index (χ1n) is 7.31. The second-order valence-corrected chi connectivity index (χ2v) is 5.63. The highest BCUT2D eigenvalue weighted by Gasteiger charge is 2.28. The van der Waals surface area contributed by atoms with Gasteiger partial charge in [-0.05, 0) is 31.2 Å². The molecule has 0 unspecified atom stereocenters. The van der Waals surface area contributed by atoms with E-state index in [-0.39, 0.29) is 11.8 Å². The Balaban J connectivity index is 2.10. The molecule has 6 heteroatoms. The second kappa shape index (κ2) is 6.76. The second-order valence-electron chi connectivity index (χ2n) is 5.63. The molecule has 0 spiro atoms. The van der Waals surface area contributed by atoms with Crippen molar-refractivity contribution in [2.45, 2.75) is 32.3 Å². The van der Waals surface area contributed by atoms with Gasteiger partial charge in [-0.25, -0.2) is 0 Å². The molecule has 1 aromatic carbocycles. The molecule has 1 aromatic rings. The molecule has 21 heavy (non-hydrogen) atoms. The Morgan fingerprint density at radius 3 is 2.76 bits per heavy atom. The van der Waals surface area contributed by atoms with E-state index in [0.717, 1.165) is 31.5 Å². The smallest absolute Gasteiger partial charge is 0.311 e. The van der Waals surface area contributed by atoms with Gasteiger partial charge >= 0.3 is 5.69 Å². The standard InChI is InChI=1S/C15H22N2O4/c1-3-6-21-15-9-12(4-5-14(15)17(19)20)16(2)10-11-7-13(18)8-11/h4-5,9,11,13,18H,3,6-8,10H2,1-2H3. The lowest BCUT2D eigenvalue weighted by molar-refractivity contribution is -0.385. The number of hydrogen-bond donors (Lipinski definition) is 1. The zero-order valence-corrected chi connectivity index (χ0v) is 12.5. The molecule has 6 nitrogen and oxygen atoms in total. The first-order chi connectivity index (χ1) is 10.0. The highest BCUT2D eigenvalue weighted by molar-refractivity contribution is 5.59. The number of ether oxygens (including phenoxy) is 1. The van der Waals surface area contributed by atoms with Gasteiger partial charge in [0.05, 0.1) is 17.6 Å². The Kier molecular flexibility index (Phi) is 5.01. The van der Waals surface area contributed by atoms with Crippen LogP contribution in [0.5, 0.6) is 5.75 Å². The van der Waals surface area contributed by atoms with E-state index in [9.17, 15) is 15.2 Å². The van der Waals surface area contributed by atoms with Crippen molar-refractivity contribution in [2.24, 2.45) is 5.92 Å². The Morgan fingerprint density at radius 2 is 2.19 bits per heavy atom. The minimum Gasteiger partial charge on any atom is -0.487 e. The Labute approximate surface area is 124 Å². The van der Waals surface area contributed by atoms with Crippen molar-refractivity contribution < 1.29 is 14.8 Å². The van der Waals surface area contributed by atoms with Gasteiger partial charge in [-0.2, -0.15) is 0 Å². The molecule has 1 N–H and O–H groups in total. The minimum atomic E-state index is -0.420. The van der Waals surface area contributed by atoms with Crippen LogP contribution in [0.15, 0.2) is 18.2 Å². The Morgan fingerprint density at radius 1 is 1.48 bits per heavy atom. The molecule has 1 aliphatic carbocycles. The number of nitro groups is 1. The third-order valence-corrected chi connectivity index (χ3v) is 3.79. The maximum absolute atomic E-state index is 11.0. The number of anilines is 1. The van der Waals surface area contributed by atoms with Crippen molar-refractivity contribution in [1.29, 1.82) is 0 Å². The fraction of sp³-hybridized carbons (Fsp3) is 0.600. The van der Waals surface area contributed by atoms with E-state index in [1.165, 1.54) is 6.07 Å². The molecule has 1 saturated carbocycles. The first kappa shape index (κ1) is 15.6. The molecule has 0 saturated heterocycles. The predicted octanol–water partition coefficient (Wildman–Crippen LogP) is 2.59. The summed E-state index contributed by atoms with van der Waals surface area (Å²) in [5.41, 5.74) is 0.896. The maximum atomic E-state index is 11.0. The number of rotatable bonds is 7. The topological polar surface area (TPSA) is 75.8 Å². The molecule has 116 valence electrons. The van der Waals surface area contributed by atoms with Crippen LogP contribution in [0.1, 0.15) is 26.2 Å². The number of benzene rings is 1. The zero-order chi connectivity index (χ0) is 15.4. The summed E-state index contributed by atoms with van der Waals surface area (Å²) < 4.78 is 5.49. The third-order valence-electron chi connectivity index (χ3n) is 3.79. The summed E-state index contributed by atoms with van der Waals surface area (Å²) in [7, 11) is 1.95. The minimum absolute atomic E-state index is 0.000309. The van der Waals surface area contributed by atoms with E-state index in [2.05, 4.69) is 4.90 Å². The van der Waals surface area contributed by atoms with Crippen LogP contribution in [-0.4, -0.2) is 36.3 Å². The summed E-state index contributed by atoms with van der Waals surface area (Å²) >= 11 is 0. The van der Waals surface area contributed by atoms with E-state index in [1.807, 2.05) is 14.0 Å². The first-order valence-corrected chi connectivity index (χ1v) is 7.31. The Hall–Kier alpha value is -1.82. The number of aliphatic hydroxyl groups excluding tert-OH is 1. The van der Waals surface area contributed by atoms with E-state index >= 15 is 0 Å². The zero-order valence-electron chi connectivity index (χ0n) is 12.5. The summed E-state index contributed by atoms with van der Waals surface area (Å²) in [5.74, 6) is 0.806. The van der Waals surface area contributed by atoms with Crippen LogP contribution in [0.25, 0.3) is 0 Å². The third kappa shape index (κ3) is 3.85. The van der Waals surface area contributed by atoms with Gasteiger partial charge in [0.25, 0.3) is 0 Å². The lowest BCUT2D eigenvalue weighted by Gasteiger charge is -2.35. The average Bonchev–Trinajstić information content (AvgIpc) is 2.42. The molecule has 0 aromatic heterocycles. The Bertz CT molecular complexity index is 500. The van der Waals surface area contributed by atoms with Crippen molar-refractivity contribution in [1.82, 2.24) is 0 Å². The number of aliphatic hydroxyl groups is 1. The highest BCUT2D eigenvalue weighted by Crippen LogP contribution is 2.33. The molecule has 1 aliphatic rings. The summed E-state index contributed by atoms with van der Waals surface area (Å²) in [6.45, 7) is 3.26. The molecule has 0 aliphatic heterocycles. The molecule has 0 amide bonds. The van der Waals surface area contributed by atoms with Crippen molar-refractivity contribution >= 4 is 11.4 Å². The van der Waals surface area contributed by atoms with Crippen LogP contribution in [0.4, 0.5) is 11.4 Å². The predicted molar refractivity (Wildman–Crippen MR) is 80.9 cm³/mol. The van der Waals surface area contributed by atoms with Crippen molar-refractivity contribution in [3.05, 3.63) is 28.3 Å². The van der Waals surface area contributed by atoms with E-state index in [0.29, 0.717) is 18.3 Å². The van der Waals surface area contributed by atoms with E-state index in [4.69, 9.17) is 4.74 Å². The lowest BCUT2D eigenvalue weighted by Crippen LogP contribution is -2.37. The summed E-state index contributed by atoms with van der Waals surface area (Å²) in [6.07, 6.45) is 2.30. The molecular formula is C15H22N2O4. The van der Waals surface area contributed by atoms with Gasteiger partial charge in [0, 0.05) is 31.4 Å². The quantitative estimate of drug-likeness (QED) is 0.618. The molecule has 0 atom stereocenters. The van der Waals surface area contributed by atoms with Crippen LogP contribution < -0.4 is 9.64 Å². The molecule has 0 bridgehead atoms. The fourth-order valence-electron chi connectivity index (χ4n) is 2.56. The maximum Gasteiger partial charge on any atom is 0.311 e. The van der Waals surface area contributed by atoms with Crippen molar-refractivity contribution in [3.8, 4) is 5.75 Å². The van der Waals surface area contributed by atoms with Gasteiger partial charge < -0.3 is 14.7 Å². The SMILES string of the molecule is CCCOc1cc(N(C)CC2CC(O)C2)ccc1[N+](=O)[O-]. The van der Waals surface area contributed by atoms with E-state index < -0.39 is 4.92 Å². The average molecular weight is 294 g/mol. The highest BCUT2D eigenvalue weighted by atomic mass is 16.6. The molecule has 1 fully saturated rings. The largest absolute Gasteiger partial charge is 0.487 e.